The van der Waals surface area contributed by atoms with Gasteiger partial charge in [-0.05, 0) is 34.1 Å². The third-order valence-electron chi connectivity index (χ3n) is 2.42. The van der Waals surface area contributed by atoms with Gasteiger partial charge in [0, 0.05) is 10.9 Å². The summed E-state index contributed by atoms with van der Waals surface area (Å²) in [5.41, 5.74) is 0.702. The van der Waals surface area contributed by atoms with Gasteiger partial charge >= 0.3 is 5.97 Å². The van der Waals surface area contributed by atoms with E-state index in [0.717, 1.165) is 4.47 Å². The molecule has 0 unspecified atom stereocenters. The van der Waals surface area contributed by atoms with Crippen molar-refractivity contribution in [1.82, 2.24) is 10.2 Å². The predicted molar refractivity (Wildman–Crippen MR) is 69.9 cm³/mol. The number of ether oxygens (including phenoxy) is 1. The molecule has 0 fully saturated rings. The van der Waals surface area contributed by atoms with Crippen LogP contribution in [0.1, 0.15) is 12.3 Å². The number of rotatable bonds is 5. The predicted octanol–water partition coefficient (Wildman–Crippen LogP) is 2.52. The van der Waals surface area contributed by atoms with Crippen molar-refractivity contribution < 1.29 is 19.1 Å². The summed E-state index contributed by atoms with van der Waals surface area (Å²) >= 11 is 3.39. The van der Waals surface area contributed by atoms with E-state index < -0.39 is 5.97 Å². The first-order chi connectivity index (χ1) is 9.10. The van der Waals surface area contributed by atoms with Crippen LogP contribution in [0.15, 0.2) is 27.1 Å². The van der Waals surface area contributed by atoms with E-state index in [4.69, 9.17) is 14.3 Å². The SMILES string of the molecule is COc1ccc(Br)c(-c2nnc(CCC(=O)O)o2)c1. The van der Waals surface area contributed by atoms with Crippen molar-refractivity contribution in [2.45, 2.75) is 12.8 Å². The van der Waals surface area contributed by atoms with Crippen molar-refractivity contribution in [3.8, 4) is 17.2 Å². The summed E-state index contributed by atoms with van der Waals surface area (Å²) in [4.78, 5) is 10.5. The first kappa shape index (κ1) is 13.5. The largest absolute Gasteiger partial charge is 0.497 e. The zero-order chi connectivity index (χ0) is 13.8. The van der Waals surface area contributed by atoms with Crippen LogP contribution in [0.3, 0.4) is 0 Å². The molecule has 0 amide bonds. The Hall–Kier alpha value is -1.89. The Morgan fingerprint density at radius 1 is 1.47 bits per heavy atom. The van der Waals surface area contributed by atoms with Gasteiger partial charge < -0.3 is 14.3 Å². The van der Waals surface area contributed by atoms with Crippen LogP contribution in [0, 0.1) is 0 Å². The molecule has 0 bridgehead atoms. The smallest absolute Gasteiger partial charge is 0.303 e. The zero-order valence-electron chi connectivity index (χ0n) is 10.1. The lowest BCUT2D eigenvalue weighted by Gasteiger charge is -2.03. The molecular formula is C12H11BrN2O4. The van der Waals surface area contributed by atoms with Crippen LogP contribution in [0.2, 0.25) is 0 Å². The Labute approximate surface area is 117 Å². The van der Waals surface area contributed by atoms with E-state index in [2.05, 4.69) is 26.1 Å². The molecule has 1 aromatic heterocycles. The lowest BCUT2D eigenvalue weighted by molar-refractivity contribution is -0.137. The summed E-state index contributed by atoms with van der Waals surface area (Å²) in [6.07, 6.45) is 0.171. The van der Waals surface area contributed by atoms with E-state index in [-0.39, 0.29) is 12.8 Å². The highest BCUT2D eigenvalue weighted by Crippen LogP contribution is 2.30. The number of hydrogen-bond acceptors (Lipinski definition) is 5. The molecule has 2 rings (SSSR count). The average molecular weight is 327 g/mol. The van der Waals surface area contributed by atoms with Crippen LogP contribution in [-0.2, 0) is 11.2 Å². The highest BCUT2D eigenvalue weighted by Gasteiger charge is 2.13. The fourth-order valence-corrected chi connectivity index (χ4v) is 1.89. The number of nitrogens with zero attached hydrogens (tertiary/aromatic N) is 2. The lowest BCUT2D eigenvalue weighted by Crippen LogP contribution is -1.97. The van der Waals surface area contributed by atoms with Crippen molar-refractivity contribution in [2.24, 2.45) is 0 Å². The fraction of sp³-hybridized carbons (Fsp3) is 0.250. The van der Waals surface area contributed by atoms with Crippen LogP contribution < -0.4 is 4.74 Å². The molecule has 1 aromatic carbocycles. The van der Waals surface area contributed by atoms with Gasteiger partial charge in [0.1, 0.15) is 5.75 Å². The first-order valence-electron chi connectivity index (χ1n) is 5.48. The maximum absolute atomic E-state index is 10.5. The van der Waals surface area contributed by atoms with Crippen LogP contribution in [0.25, 0.3) is 11.5 Å². The van der Waals surface area contributed by atoms with E-state index in [1.165, 1.54) is 0 Å². The molecule has 6 nitrogen and oxygen atoms in total. The summed E-state index contributed by atoms with van der Waals surface area (Å²) in [5.74, 6) is 0.393. The van der Waals surface area contributed by atoms with Gasteiger partial charge in [0.15, 0.2) is 0 Å². The van der Waals surface area contributed by atoms with Gasteiger partial charge in [-0.1, -0.05) is 0 Å². The summed E-state index contributed by atoms with van der Waals surface area (Å²) < 4.78 is 11.4. The molecule has 0 radical (unpaired) electrons. The molecule has 0 atom stereocenters. The number of aryl methyl sites for hydroxylation is 1. The first-order valence-corrected chi connectivity index (χ1v) is 6.27. The van der Waals surface area contributed by atoms with Gasteiger partial charge in [0.2, 0.25) is 11.8 Å². The average Bonchev–Trinajstić information content (AvgIpc) is 2.85. The minimum absolute atomic E-state index is 0.0408. The molecular weight excluding hydrogens is 316 g/mol. The van der Waals surface area contributed by atoms with Crippen molar-refractivity contribution >= 4 is 21.9 Å². The second-order valence-corrected chi connectivity index (χ2v) is 4.59. The Morgan fingerprint density at radius 3 is 2.95 bits per heavy atom. The molecule has 0 aliphatic carbocycles. The molecule has 0 spiro atoms. The third-order valence-corrected chi connectivity index (χ3v) is 3.12. The number of benzene rings is 1. The molecule has 2 aromatic rings. The maximum Gasteiger partial charge on any atom is 0.303 e. The van der Waals surface area contributed by atoms with Crippen molar-refractivity contribution in [2.75, 3.05) is 7.11 Å². The van der Waals surface area contributed by atoms with E-state index in [1.54, 1.807) is 19.2 Å². The second kappa shape index (κ2) is 5.83. The summed E-state index contributed by atoms with van der Waals surface area (Å²) in [6, 6.07) is 5.38. The van der Waals surface area contributed by atoms with E-state index in [1.807, 2.05) is 6.07 Å². The minimum Gasteiger partial charge on any atom is -0.497 e. The standard InChI is InChI=1S/C12H11BrN2O4/c1-18-7-2-3-9(13)8(6-7)12-15-14-10(19-12)4-5-11(16)17/h2-3,6H,4-5H2,1H3,(H,16,17). The van der Waals surface area contributed by atoms with Crippen molar-refractivity contribution in [3.63, 3.8) is 0 Å². The van der Waals surface area contributed by atoms with Crippen molar-refractivity contribution in [1.29, 1.82) is 0 Å². The molecule has 0 aliphatic rings. The summed E-state index contributed by atoms with van der Waals surface area (Å²) in [6.45, 7) is 0. The van der Waals surface area contributed by atoms with E-state index >= 15 is 0 Å². The lowest BCUT2D eigenvalue weighted by atomic mass is 10.2. The monoisotopic (exact) mass is 326 g/mol. The minimum atomic E-state index is -0.901. The Kier molecular flexibility index (Phi) is 4.16. The third kappa shape index (κ3) is 3.31. The molecule has 7 heteroatoms. The number of halogens is 1. The highest BCUT2D eigenvalue weighted by atomic mass is 79.9. The number of hydrogen-bond donors (Lipinski definition) is 1. The van der Waals surface area contributed by atoms with Gasteiger partial charge in [0.25, 0.3) is 0 Å². The normalized spacial score (nSPS) is 10.4. The van der Waals surface area contributed by atoms with Crippen LogP contribution in [0.5, 0.6) is 5.75 Å². The topological polar surface area (TPSA) is 85.5 Å². The molecule has 0 saturated heterocycles. The van der Waals surface area contributed by atoms with Crippen LogP contribution >= 0.6 is 15.9 Å². The number of methoxy groups -OCH3 is 1. The molecule has 19 heavy (non-hydrogen) atoms. The zero-order valence-corrected chi connectivity index (χ0v) is 11.7. The molecule has 1 N–H and O–H groups in total. The van der Waals surface area contributed by atoms with Gasteiger partial charge in [0.05, 0.1) is 19.1 Å². The Bertz CT molecular complexity index is 597. The number of aliphatic carboxylic acids is 1. The number of carboxylic acids is 1. The fourth-order valence-electron chi connectivity index (χ4n) is 1.47. The summed E-state index contributed by atoms with van der Waals surface area (Å²) in [5, 5.41) is 16.3. The quantitative estimate of drug-likeness (QED) is 0.908. The second-order valence-electron chi connectivity index (χ2n) is 3.74. The Balaban J connectivity index is 2.24. The van der Waals surface area contributed by atoms with E-state index in [9.17, 15) is 4.79 Å². The molecule has 100 valence electrons. The molecule has 0 saturated carbocycles. The van der Waals surface area contributed by atoms with Crippen LogP contribution in [0.4, 0.5) is 0 Å². The van der Waals surface area contributed by atoms with Gasteiger partial charge in [-0.3, -0.25) is 4.79 Å². The number of aromatic nitrogens is 2. The van der Waals surface area contributed by atoms with E-state index in [0.29, 0.717) is 23.1 Å². The maximum atomic E-state index is 10.5. The van der Waals surface area contributed by atoms with Crippen molar-refractivity contribution in [3.05, 3.63) is 28.6 Å². The van der Waals surface area contributed by atoms with Gasteiger partial charge in [-0.15, -0.1) is 10.2 Å². The summed E-state index contributed by atoms with van der Waals surface area (Å²) in [7, 11) is 1.57. The van der Waals surface area contributed by atoms with Gasteiger partial charge in [-0.2, -0.15) is 0 Å². The molecule has 0 aliphatic heterocycles. The molecule has 1 heterocycles. The Morgan fingerprint density at radius 2 is 2.26 bits per heavy atom. The van der Waals surface area contributed by atoms with Crippen LogP contribution in [-0.4, -0.2) is 28.4 Å². The number of carbonyl (C=O) groups is 1. The highest BCUT2D eigenvalue weighted by molar-refractivity contribution is 9.10. The van der Waals surface area contributed by atoms with Gasteiger partial charge in [-0.25, -0.2) is 0 Å². The number of carboxylic acid groups (broad SMARTS) is 1.